The van der Waals surface area contributed by atoms with Crippen LogP contribution in [0.15, 0.2) is 76.0 Å². The SMILES string of the molecule is Cc1cc(OCC[O-])ccc1-c1cccc(COc2ccc(Cn3oc([O-])nc3=O)cc2)c1.[Mg+2]. The Balaban J connectivity index is 0.00000324. The Kier molecular flexibility index (Phi) is 8.75. The van der Waals surface area contributed by atoms with Crippen LogP contribution in [0.25, 0.3) is 11.1 Å². The van der Waals surface area contributed by atoms with Gasteiger partial charge in [-0.3, -0.25) is 0 Å². The number of aromatic nitrogens is 2. The van der Waals surface area contributed by atoms with Crippen molar-refractivity contribution in [3.8, 4) is 28.7 Å². The number of nitrogens with zero attached hydrogens (tertiary/aromatic N) is 2. The predicted molar refractivity (Wildman–Crippen MR) is 123 cm³/mol. The van der Waals surface area contributed by atoms with Crippen LogP contribution in [0.1, 0.15) is 16.7 Å². The van der Waals surface area contributed by atoms with Crippen molar-refractivity contribution in [3.05, 3.63) is 93.9 Å². The Morgan fingerprint density at radius 2 is 1.74 bits per heavy atom. The number of aryl methyl sites for hydroxylation is 1. The third-order valence-electron chi connectivity index (χ3n) is 5.03. The van der Waals surface area contributed by atoms with E-state index in [-0.39, 0.29) is 42.8 Å². The zero-order valence-electron chi connectivity index (χ0n) is 18.7. The van der Waals surface area contributed by atoms with Gasteiger partial charge in [-0.25, -0.2) is 9.53 Å². The monoisotopic (exact) mass is 470 g/mol. The number of rotatable bonds is 9. The Bertz CT molecular complexity index is 1280. The summed E-state index contributed by atoms with van der Waals surface area (Å²) in [5.41, 5.74) is 4.29. The van der Waals surface area contributed by atoms with Crippen molar-refractivity contribution in [3.63, 3.8) is 0 Å². The molecule has 0 atom stereocenters. The quantitative estimate of drug-likeness (QED) is 0.343. The predicted octanol–water partition coefficient (Wildman–Crippen LogP) is 1.87. The second kappa shape index (κ2) is 11.7. The van der Waals surface area contributed by atoms with Gasteiger partial charge in [0.25, 0.3) is 0 Å². The molecule has 4 rings (SSSR count). The molecule has 0 aliphatic carbocycles. The van der Waals surface area contributed by atoms with Crippen molar-refractivity contribution in [1.29, 1.82) is 0 Å². The van der Waals surface area contributed by atoms with Gasteiger partial charge in [0.1, 0.15) is 18.1 Å². The number of ether oxygens (including phenoxy) is 2. The molecule has 0 fully saturated rings. The van der Waals surface area contributed by atoms with Crippen molar-refractivity contribution in [2.45, 2.75) is 20.1 Å². The largest absolute Gasteiger partial charge is 2.00 e. The van der Waals surface area contributed by atoms with E-state index >= 15 is 0 Å². The molecule has 34 heavy (non-hydrogen) atoms. The minimum Gasteiger partial charge on any atom is -0.852 e. The third kappa shape index (κ3) is 6.40. The zero-order valence-corrected chi connectivity index (χ0v) is 20.1. The van der Waals surface area contributed by atoms with Gasteiger partial charge in [-0.05, 0) is 65.1 Å². The Labute approximate surface area is 212 Å². The maximum Gasteiger partial charge on any atom is 2.00 e. The molecule has 4 aromatic rings. The summed E-state index contributed by atoms with van der Waals surface area (Å²) in [7, 11) is 0. The van der Waals surface area contributed by atoms with Crippen LogP contribution in [-0.4, -0.2) is 46.0 Å². The first kappa shape index (κ1) is 25.4. The molecule has 3 aromatic carbocycles. The molecule has 0 radical (unpaired) electrons. The molecule has 0 bridgehead atoms. The Hall–Kier alpha value is -3.27. The number of hydrogen-bond donors (Lipinski definition) is 0. The van der Waals surface area contributed by atoms with Gasteiger partial charge in [0.05, 0.1) is 13.2 Å². The fourth-order valence-electron chi connectivity index (χ4n) is 3.45. The minimum absolute atomic E-state index is 0. The summed E-state index contributed by atoms with van der Waals surface area (Å²) in [5.74, 6) is 1.37. The van der Waals surface area contributed by atoms with Crippen LogP contribution in [-0.2, 0) is 13.2 Å². The van der Waals surface area contributed by atoms with Gasteiger partial charge in [0, 0.05) is 0 Å². The first-order chi connectivity index (χ1) is 16.0. The third-order valence-corrected chi connectivity index (χ3v) is 5.03. The van der Waals surface area contributed by atoms with Crippen molar-refractivity contribution >= 4 is 23.1 Å². The van der Waals surface area contributed by atoms with E-state index in [1.807, 2.05) is 43.3 Å². The maximum atomic E-state index is 11.5. The minimum atomic E-state index is -0.902. The summed E-state index contributed by atoms with van der Waals surface area (Å²) in [6.07, 6.45) is -0.902. The van der Waals surface area contributed by atoms with Gasteiger partial charge >= 0.3 is 28.7 Å². The van der Waals surface area contributed by atoms with Crippen molar-refractivity contribution in [2.75, 3.05) is 13.2 Å². The summed E-state index contributed by atoms with van der Waals surface area (Å²) >= 11 is 0. The van der Waals surface area contributed by atoms with E-state index in [9.17, 15) is 15.0 Å². The standard InChI is InChI=1S/C25H23N2O6.Mg/c1-17-13-22(31-12-11-28)9-10-23(17)20-4-2-3-19(14-20)16-32-21-7-5-18(6-8-21)15-27-24(29)26-25(30)33-27;/h2-10,13-14H,11-12,15-16H2,1H3,(H,26,29,30);/q-1;+2/p-1. The molecule has 1 aromatic heterocycles. The van der Waals surface area contributed by atoms with Crippen molar-refractivity contribution in [1.82, 2.24) is 9.72 Å². The molecule has 0 aliphatic rings. The molecular formula is C25H22MgN2O6. The van der Waals surface area contributed by atoms with Gasteiger partial charge in [0.15, 0.2) is 6.08 Å². The summed E-state index contributed by atoms with van der Waals surface area (Å²) in [6, 6.07) is 21.1. The molecule has 170 valence electrons. The van der Waals surface area contributed by atoms with Crippen LogP contribution in [0.4, 0.5) is 0 Å². The Morgan fingerprint density at radius 3 is 2.41 bits per heavy atom. The van der Waals surface area contributed by atoms with E-state index in [0.29, 0.717) is 18.1 Å². The second-order valence-corrected chi connectivity index (χ2v) is 7.45. The first-order valence-corrected chi connectivity index (χ1v) is 10.4. The maximum absolute atomic E-state index is 11.5. The normalized spacial score (nSPS) is 10.5. The average molecular weight is 471 g/mol. The van der Waals surface area contributed by atoms with Crippen LogP contribution < -0.4 is 25.4 Å². The topological polar surface area (TPSA) is 113 Å². The molecule has 0 saturated carbocycles. The van der Waals surface area contributed by atoms with Gasteiger partial charge < -0.3 is 24.2 Å². The molecule has 0 unspecified atom stereocenters. The molecule has 0 amide bonds. The smallest absolute Gasteiger partial charge is 0.852 e. The van der Waals surface area contributed by atoms with Crippen LogP contribution in [0.3, 0.4) is 0 Å². The van der Waals surface area contributed by atoms with E-state index in [4.69, 9.17) is 14.0 Å². The van der Waals surface area contributed by atoms with E-state index < -0.39 is 11.8 Å². The van der Waals surface area contributed by atoms with Crippen LogP contribution >= 0.6 is 0 Å². The molecule has 0 saturated heterocycles. The molecule has 0 spiro atoms. The molecule has 1 heterocycles. The van der Waals surface area contributed by atoms with Crippen molar-refractivity contribution in [2.24, 2.45) is 0 Å². The molecule has 0 N–H and O–H groups in total. The summed E-state index contributed by atoms with van der Waals surface area (Å²) < 4.78 is 17.0. The van der Waals surface area contributed by atoms with Crippen LogP contribution in [0.5, 0.6) is 17.6 Å². The fourth-order valence-corrected chi connectivity index (χ4v) is 3.45. The van der Waals surface area contributed by atoms with Gasteiger partial charge in [-0.15, -0.1) is 6.61 Å². The summed E-state index contributed by atoms with van der Waals surface area (Å²) in [4.78, 5) is 14.7. The number of hydrogen-bond acceptors (Lipinski definition) is 7. The molecule has 0 aliphatic heterocycles. The molecular weight excluding hydrogens is 449 g/mol. The van der Waals surface area contributed by atoms with Gasteiger partial charge in [-0.1, -0.05) is 36.4 Å². The zero-order chi connectivity index (χ0) is 23.2. The number of benzene rings is 3. The van der Waals surface area contributed by atoms with Gasteiger partial charge in [0.2, 0.25) is 0 Å². The molecule has 8 nitrogen and oxygen atoms in total. The summed E-state index contributed by atoms with van der Waals surface area (Å²) in [6.45, 7) is 2.41. The molecule has 9 heteroatoms. The summed E-state index contributed by atoms with van der Waals surface area (Å²) in [5, 5.41) is 21.6. The fraction of sp³-hybridized carbons (Fsp3) is 0.200. The van der Waals surface area contributed by atoms with E-state index in [1.54, 1.807) is 24.3 Å². The van der Waals surface area contributed by atoms with E-state index in [0.717, 1.165) is 32.6 Å². The Morgan fingerprint density at radius 1 is 0.971 bits per heavy atom. The van der Waals surface area contributed by atoms with E-state index in [1.165, 1.54) is 0 Å². The van der Waals surface area contributed by atoms with Crippen molar-refractivity contribution < 1.29 is 24.2 Å². The van der Waals surface area contributed by atoms with Crippen LogP contribution in [0, 0.1) is 6.92 Å². The average Bonchev–Trinajstić information content (AvgIpc) is 3.13. The second-order valence-electron chi connectivity index (χ2n) is 7.45. The van der Waals surface area contributed by atoms with Gasteiger partial charge in [-0.2, -0.15) is 4.98 Å². The first-order valence-electron chi connectivity index (χ1n) is 10.4. The van der Waals surface area contributed by atoms with E-state index in [2.05, 4.69) is 11.1 Å². The van der Waals surface area contributed by atoms with Crippen LogP contribution in [0.2, 0.25) is 0 Å².